The standard InChI is InChI=1S/C16H33N5.C14H20N2.C7H8.C4H10.C2H5N.C2H6/c1-4-9-20-11-13-21(14-12-20)10-8-19-15(2)16(18-3)6-5-7-17;1-3-9-16-12(2)14(11-15)10-13-7-5-4-6-8-13;1-7-5-3-2-4-6-7;1-4(2)3;1-2-3;1-2/h4,16,18-19H,1-2,5-14,17H2,3H3;3-8,14,16H,1-2,9-11,15H2;2-6H,1H3;4H,1-3H3;2H,1,3H2;1-2H3. The molecule has 53 heavy (non-hydrogen) atoms. The highest BCUT2D eigenvalue weighted by Crippen LogP contribution is 2.13. The summed E-state index contributed by atoms with van der Waals surface area (Å²) in [7, 11) is 1.98. The Balaban J connectivity index is -0.000000681. The van der Waals surface area contributed by atoms with E-state index in [1.165, 1.54) is 17.3 Å². The third-order valence-corrected chi connectivity index (χ3v) is 7.61. The van der Waals surface area contributed by atoms with E-state index in [0.29, 0.717) is 12.6 Å². The maximum atomic E-state index is 5.77. The molecule has 3 rings (SSSR count). The average Bonchev–Trinajstić information content (AvgIpc) is 3.16. The molecular weight excluding hydrogens is 653 g/mol. The van der Waals surface area contributed by atoms with Crippen molar-refractivity contribution in [2.24, 2.45) is 29.0 Å². The third kappa shape index (κ3) is 33.9. The molecule has 1 aliphatic rings. The van der Waals surface area contributed by atoms with Gasteiger partial charge in [-0.2, -0.15) is 0 Å². The summed E-state index contributed by atoms with van der Waals surface area (Å²) in [6.07, 6.45) is 8.05. The Kier molecular flexibility index (Phi) is 40.1. The van der Waals surface area contributed by atoms with E-state index in [0.717, 1.165) is 95.5 Å². The molecule has 1 aliphatic heterocycles. The summed E-state index contributed by atoms with van der Waals surface area (Å²) in [6, 6.07) is 20.9. The highest BCUT2D eigenvalue weighted by molar-refractivity contribution is 5.18. The predicted octanol–water partition coefficient (Wildman–Crippen LogP) is 7.09. The number of hydrogen-bond acceptors (Lipinski definition) is 8. The molecule has 8 heteroatoms. The van der Waals surface area contributed by atoms with Crippen LogP contribution in [0, 0.1) is 18.8 Å². The summed E-state index contributed by atoms with van der Waals surface area (Å²) < 4.78 is 0. The van der Waals surface area contributed by atoms with E-state index in [4.69, 9.17) is 11.5 Å². The lowest BCUT2D eigenvalue weighted by Crippen LogP contribution is -2.48. The van der Waals surface area contributed by atoms with Crippen LogP contribution >= 0.6 is 0 Å². The van der Waals surface area contributed by atoms with Gasteiger partial charge in [0, 0.05) is 82.3 Å². The topological polar surface area (TPSA) is 121 Å². The van der Waals surface area contributed by atoms with Gasteiger partial charge in [0.15, 0.2) is 0 Å². The van der Waals surface area contributed by atoms with Crippen LogP contribution in [0.1, 0.15) is 58.6 Å². The van der Waals surface area contributed by atoms with Gasteiger partial charge in [-0.05, 0) is 57.5 Å². The van der Waals surface area contributed by atoms with E-state index in [9.17, 15) is 0 Å². The van der Waals surface area contributed by atoms with E-state index >= 15 is 0 Å². The van der Waals surface area contributed by atoms with Crippen molar-refractivity contribution >= 4 is 0 Å². The molecule has 2 atom stereocenters. The van der Waals surface area contributed by atoms with Gasteiger partial charge in [-0.25, -0.2) is 0 Å². The molecule has 1 fully saturated rings. The minimum absolute atomic E-state index is 0.280. The number of rotatable bonds is 18. The zero-order valence-electron chi connectivity index (χ0n) is 35.1. The van der Waals surface area contributed by atoms with E-state index in [1.54, 1.807) is 0 Å². The van der Waals surface area contributed by atoms with Crippen LogP contribution in [0.2, 0.25) is 0 Å². The summed E-state index contributed by atoms with van der Waals surface area (Å²) >= 11 is 0. The molecule has 2 aromatic rings. The number of benzene rings is 2. The predicted molar refractivity (Wildman–Crippen MR) is 239 cm³/mol. The molecule has 0 saturated carbocycles. The van der Waals surface area contributed by atoms with E-state index in [2.05, 4.69) is 116 Å². The van der Waals surface area contributed by atoms with Gasteiger partial charge in [0.1, 0.15) is 0 Å². The Bertz CT molecular complexity index is 1110. The van der Waals surface area contributed by atoms with Crippen molar-refractivity contribution in [3.05, 3.63) is 134 Å². The first-order valence-corrected chi connectivity index (χ1v) is 19.5. The van der Waals surface area contributed by atoms with Crippen LogP contribution in [-0.4, -0.2) is 88.3 Å². The Hall–Kier alpha value is -3.66. The number of hydrogen-bond donors (Lipinski definition) is 6. The Morgan fingerprint density at radius 2 is 1.32 bits per heavy atom. The van der Waals surface area contributed by atoms with Crippen molar-refractivity contribution in [1.29, 1.82) is 0 Å². The summed E-state index contributed by atoms with van der Waals surface area (Å²) in [4.78, 5) is 4.95. The number of piperazine rings is 1. The number of nitrogens with zero attached hydrogens (tertiary/aromatic N) is 2. The molecule has 2 aromatic carbocycles. The fourth-order valence-electron chi connectivity index (χ4n) is 4.82. The molecule has 0 aliphatic carbocycles. The van der Waals surface area contributed by atoms with Crippen molar-refractivity contribution in [3.63, 3.8) is 0 Å². The lowest BCUT2D eigenvalue weighted by Gasteiger charge is -2.34. The molecule has 302 valence electrons. The molecule has 8 nitrogen and oxygen atoms in total. The Labute approximate surface area is 327 Å². The van der Waals surface area contributed by atoms with Crippen LogP contribution in [0.25, 0.3) is 0 Å². The molecule has 2 unspecified atom stereocenters. The van der Waals surface area contributed by atoms with Gasteiger partial charge in [0.2, 0.25) is 0 Å². The maximum absolute atomic E-state index is 5.77. The molecule has 0 radical (unpaired) electrons. The number of nitrogens with one attached hydrogen (secondary N) is 3. The van der Waals surface area contributed by atoms with Gasteiger partial charge < -0.3 is 33.2 Å². The fourth-order valence-corrected chi connectivity index (χ4v) is 4.82. The van der Waals surface area contributed by atoms with E-state index < -0.39 is 0 Å². The minimum Gasteiger partial charge on any atom is -0.405 e. The van der Waals surface area contributed by atoms with Crippen molar-refractivity contribution < 1.29 is 0 Å². The van der Waals surface area contributed by atoms with Crippen LogP contribution in [0.5, 0.6) is 0 Å². The molecule has 9 N–H and O–H groups in total. The van der Waals surface area contributed by atoms with Gasteiger partial charge in [0.25, 0.3) is 0 Å². The van der Waals surface area contributed by atoms with Crippen LogP contribution in [0.15, 0.2) is 123 Å². The van der Waals surface area contributed by atoms with Crippen LogP contribution in [-0.2, 0) is 6.42 Å². The normalized spacial score (nSPS) is 13.0. The van der Waals surface area contributed by atoms with Crippen LogP contribution in [0.4, 0.5) is 0 Å². The first-order chi connectivity index (χ1) is 25.5. The molecule has 0 bridgehead atoms. The summed E-state index contributed by atoms with van der Waals surface area (Å²) in [5.41, 5.74) is 20.6. The molecular formula is C45H82N8. The molecule has 1 heterocycles. The largest absolute Gasteiger partial charge is 0.405 e. The fraction of sp³-hybridized carbons (Fsp3) is 0.511. The number of likely N-dealkylation sites (N-methyl/N-ethyl adjacent to an activating group) is 1. The zero-order valence-corrected chi connectivity index (χ0v) is 35.1. The maximum Gasteiger partial charge on any atom is 0.0461 e. The van der Waals surface area contributed by atoms with Gasteiger partial charge >= 0.3 is 0 Å². The monoisotopic (exact) mass is 735 g/mol. The SMILES string of the molecule is C=CCN1CCN(CCNC(=C)C(CCCN)NC)CC1.C=CCNC(=C)C(CN)Cc1ccccc1.C=CN.CC.CC(C)C.Cc1ccccc1. The van der Waals surface area contributed by atoms with E-state index in [1.807, 2.05) is 69.4 Å². The molecule has 1 saturated heterocycles. The molecule has 0 aromatic heterocycles. The lowest BCUT2D eigenvalue weighted by atomic mass is 9.97. The Morgan fingerprint density at radius 3 is 1.74 bits per heavy atom. The summed E-state index contributed by atoms with van der Waals surface area (Å²) in [5, 5.41) is 9.97. The second-order valence-electron chi connectivity index (χ2n) is 13.1. The van der Waals surface area contributed by atoms with Crippen molar-refractivity contribution in [2.75, 3.05) is 72.5 Å². The molecule has 0 amide bonds. The zero-order chi connectivity index (χ0) is 40.7. The average molecular weight is 735 g/mol. The number of aryl methyl sites for hydroxylation is 1. The highest BCUT2D eigenvalue weighted by Gasteiger charge is 2.16. The first-order valence-electron chi connectivity index (χ1n) is 19.5. The Morgan fingerprint density at radius 1 is 0.811 bits per heavy atom. The van der Waals surface area contributed by atoms with Crippen LogP contribution < -0.4 is 33.2 Å². The van der Waals surface area contributed by atoms with Gasteiger partial charge in [-0.1, -0.05) is 133 Å². The van der Waals surface area contributed by atoms with Gasteiger partial charge in [-0.3, -0.25) is 9.80 Å². The second kappa shape index (κ2) is 39.5. The van der Waals surface area contributed by atoms with Crippen molar-refractivity contribution in [2.45, 2.75) is 66.8 Å². The van der Waals surface area contributed by atoms with Crippen molar-refractivity contribution in [1.82, 2.24) is 25.8 Å². The quantitative estimate of drug-likeness (QED) is 0.0900. The molecule has 0 spiro atoms. The minimum atomic E-state index is 0.280. The number of nitrogens with two attached hydrogens (primary N) is 3. The highest BCUT2D eigenvalue weighted by atomic mass is 15.3. The smallest absolute Gasteiger partial charge is 0.0461 e. The van der Waals surface area contributed by atoms with Gasteiger partial charge in [-0.15, -0.1) is 13.2 Å². The first kappa shape index (κ1) is 53.7. The van der Waals surface area contributed by atoms with E-state index in [-0.39, 0.29) is 5.92 Å². The summed E-state index contributed by atoms with van der Waals surface area (Å²) in [5.74, 6) is 1.11. The third-order valence-electron chi connectivity index (χ3n) is 7.61. The van der Waals surface area contributed by atoms with Crippen molar-refractivity contribution in [3.8, 4) is 0 Å². The van der Waals surface area contributed by atoms with Gasteiger partial charge in [0.05, 0.1) is 0 Å². The second-order valence-corrected chi connectivity index (χ2v) is 13.1. The summed E-state index contributed by atoms with van der Waals surface area (Å²) in [6.45, 7) is 41.1. The van der Waals surface area contributed by atoms with Crippen LogP contribution in [0.3, 0.4) is 0 Å². The lowest BCUT2D eigenvalue weighted by molar-refractivity contribution is 0.144.